The van der Waals surface area contributed by atoms with Crippen molar-refractivity contribution < 1.29 is 14.6 Å². The Morgan fingerprint density at radius 1 is 1.47 bits per heavy atom. The second-order valence-corrected chi connectivity index (χ2v) is 3.46. The highest BCUT2D eigenvalue weighted by molar-refractivity contribution is 6.31. The molecule has 0 aromatic heterocycles. The zero-order valence-corrected chi connectivity index (χ0v) is 11.3. The Kier molecular flexibility index (Phi) is 7.14. The van der Waals surface area contributed by atoms with Crippen molar-refractivity contribution in [3.63, 3.8) is 0 Å². The predicted molar refractivity (Wildman–Crippen MR) is 70.2 cm³/mol. The largest absolute Gasteiger partial charge is 0.495 e. The van der Waals surface area contributed by atoms with E-state index in [2.05, 4.69) is 5.32 Å². The summed E-state index contributed by atoms with van der Waals surface area (Å²) >= 11 is 5.90. The Hall–Kier alpha value is -1.42. The molecule has 0 bridgehead atoms. The third kappa shape index (κ3) is 4.95. The number of methoxy groups -OCH3 is 1. The summed E-state index contributed by atoms with van der Waals surface area (Å²) in [6, 6.07) is 3.41. The first-order valence-corrected chi connectivity index (χ1v) is 5.72. The normalized spacial score (nSPS) is 9.00. The number of hydrogen-bond donors (Lipinski definition) is 2. The summed E-state index contributed by atoms with van der Waals surface area (Å²) in [5, 5.41) is 11.9. The maximum absolute atomic E-state index is 10.4. The number of halogens is 1. The van der Waals surface area contributed by atoms with Crippen LogP contribution in [0.1, 0.15) is 19.4 Å². The van der Waals surface area contributed by atoms with Crippen LogP contribution < -0.4 is 10.1 Å². The van der Waals surface area contributed by atoms with Crippen LogP contribution in [-0.2, 0) is 4.79 Å². The molecule has 5 heteroatoms. The number of carbonyl (C=O) groups is 1. The highest BCUT2D eigenvalue weighted by atomic mass is 35.5. The molecule has 0 unspecified atom stereocenters. The molecule has 0 spiro atoms. The summed E-state index contributed by atoms with van der Waals surface area (Å²) in [4.78, 5) is 10.4. The number of aliphatic carboxylic acids is 1. The van der Waals surface area contributed by atoms with E-state index in [1.165, 1.54) is 7.11 Å². The molecule has 1 rings (SSSR count). The second kappa shape index (κ2) is 7.79. The lowest BCUT2D eigenvalue weighted by molar-refractivity contribution is -0.134. The minimum absolute atomic E-state index is 0.155. The van der Waals surface area contributed by atoms with Gasteiger partial charge in [0.05, 0.1) is 12.8 Å². The topological polar surface area (TPSA) is 58.6 Å². The number of hydrogen-bond acceptors (Lipinski definition) is 3. The molecule has 1 aromatic rings. The summed E-state index contributed by atoms with van der Waals surface area (Å²) in [5.41, 5.74) is 1.49. The fraction of sp³-hybridized carbons (Fsp3) is 0.417. The average molecular weight is 260 g/mol. The van der Waals surface area contributed by atoms with E-state index in [1.54, 1.807) is 12.1 Å². The van der Waals surface area contributed by atoms with Crippen LogP contribution in [0.5, 0.6) is 5.75 Å². The van der Waals surface area contributed by atoms with Crippen LogP contribution >= 0.6 is 11.6 Å². The second-order valence-electron chi connectivity index (χ2n) is 3.05. The van der Waals surface area contributed by atoms with Gasteiger partial charge in [-0.2, -0.15) is 0 Å². The molecule has 0 fully saturated rings. The first kappa shape index (κ1) is 15.6. The van der Waals surface area contributed by atoms with Crippen LogP contribution in [0.25, 0.3) is 0 Å². The molecule has 0 aliphatic rings. The van der Waals surface area contributed by atoms with E-state index in [0.29, 0.717) is 16.5 Å². The van der Waals surface area contributed by atoms with Crippen molar-refractivity contribution in [1.29, 1.82) is 0 Å². The quantitative estimate of drug-likeness (QED) is 0.872. The molecule has 2 N–H and O–H groups in total. The molecule has 0 saturated heterocycles. The SMILES string of the molecule is CC.COc1cc(Cl)c(C)cc1NCC(=O)O. The number of carboxylic acids is 1. The van der Waals surface area contributed by atoms with Gasteiger partial charge in [0.2, 0.25) is 0 Å². The smallest absolute Gasteiger partial charge is 0.322 e. The van der Waals surface area contributed by atoms with E-state index < -0.39 is 5.97 Å². The minimum Gasteiger partial charge on any atom is -0.495 e. The lowest BCUT2D eigenvalue weighted by Crippen LogP contribution is -2.13. The number of nitrogens with one attached hydrogen (secondary N) is 1. The van der Waals surface area contributed by atoms with Crippen LogP contribution in [0, 0.1) is 6.92 Å². The average Bonchev–Trinajstić information content (AvgIpc) is 2.32. The molecule has 0 atom stereocenters. The minimum atomic E-state index is -0.926. The van der Waals surface area contributed by atoms with Crippen molar-refractivity contribution >= 4 is 23.3 Å². The Morgan fingerprint density at radius 3 is 2.53 bits per heavy atom. The van der Waals surface area contributed by atoms with Gasteiger partial charge in [0.1, 0.15) is 12.3 Å². The van der Waals surface area contributed by atoms with Crippen LogP contribution in [0.4, 0.5) is 5.69 Å². The van der Waals surface area contributed by atoms with E-state index in [4.69, 9.17) is 21.4 Å². The number of rotatable bonds is 4. The number of anilines is 1. The van der Waals surface area contributed by atoms with E-state index in [0.717, 1.165) is 5.56 Å². The molecule has 0 aliphatic carbocycles. The molecular formula is C12H18ClNO3. The van der Waals surface area contributed by atoms with Crippen molar-refractivity contribution in [2.75, 3.05) is 19.0 Å². The van der Waals surface area contributed by atoms with Gasteiger partial charge in [-0.1, -0.05) is 25.4 Å². The van der Waals surface area contributed by atoms with E-state index >= 15 is 0 Å². The van der Waals surface area contributed by atoms with Gasteiger partial charge in [-0.25, -0.2) is 0 Å². The summed E-state index contributed by atoms with van der Waals surface area (Å²) in [6.07, 6.45) is 0. The van der Waals surface area contributed by atoms with Crippen LogP contribution in [0.2, 0.25) is 5.02 Å². The van der Waals surface area contributed by atoms with E-state index in [-0.39, 0.29) is 6.54 Å². The van der Waals surface area contributed by atoms with Crippen molar-refractivity contribution in [1.82, 2.24) is 0 Å². The van der Waals surface area contributed by atoms with Gasteiger partial charge in [-0.15, -0.1) is 0 Å². The van der Waals surface area contributed by atoms with E-state index in [9.17, 15) is 4.79 Å². The van der Waals surface area contributed by atoms with Crippen molar-refractivity contribution in [2.45, 2.75) is 20.8 Å². The molecule has 0 saturated carbocycles. The first-order chi connectivity index (χ1) is 8.04. The highest BCUT2D eigenvalue weighted by Crippen LogP contribution is 2.30. The summed E-state index contributed by atoms with van der Waals surface area (Å²) < 4.78 is 5.07. The highest BCUT2D eigenvalue weighted by Gasteiger charge is 2.07. The number of carboxylic acid groups (broad SMARTS) is 1. The van der Waals surface area contributed by atoms with Gasteiger partial charge < -0.3 is 15.2 Å². The van der Waals surface area contributed by atoms with Gasteiger partial charge >= 0.3 is 5.97 Å². The van der Waals surface area contributed by atoms with Gasteiger partial charge in [-0.05, 0) is 18.6 Å². The van der Waals surface area contributed by atoms with Gasteiger partial charge in [0, 0.05) is 11.1 Å². The van der Waals surface area contributed by atoms with Crippen LogP contribution in [0.15, 0.2) is 12.1 Å². The van der Waals surface area contributed by atoms with E-state index in [1.807, 2.05) is 20.8 Å². The molecule has 4 nitrogen and oxygen atoms in total. The Balaban J connectivity index is 0.00000121. The molecule has 0 amide bonds. The molecule has 96 valence electrons. The molecule has 0 radical (unpaired) electrons. The van der Waals surface area contributed by atoms with Crippen molar-refractivity contribution in [3.8, 4) is 5.75 Å². The molecular weight excluding hydrogens is 242 g/mol. The molecule has 1 aromatic carbocycles. The van der Waals surface area contributed by atoms with Crippen molar-refractivity contribution in [2.24, 2.45) is 0 Å². The molecule has 0 aliphatic heterocycles. The van der Waals surface area contributed by atoms with Gasteiger partial charge in [-0.3, -0.25) is 4.79 Å². The monoisotopic (exact) mass is 259 g/mol. The fourth-order valence-electron chi connectivity index (χ4n) is 1.14. The lowest BCUT2D eigenvalue weighted by atomic mass is 10.2. The first-order valence-electron chi connectivity index (χ1n) is 5.34. The summed E-state index contributed by atoms with van der Waals surface area (Å²) in [6.45, 7) is 5.69. The van der Waals surface area contributed by atoms with Crippen molar-refractivity contribution in [3.05, 3.63) is 22.7 Å². The maximum atomic E-state index is 10.4. The molecule has 17 heavy (non-hydrogen) atoms. The van der Waals surface area contributed by atoms with Crippen LogP contribution in [-0.4, -0.2) is 24.7 Å². The standard InChI is InChI=1S/C10H12ClNO3.C2H6/c1-6-3-8(12-5-10(13)14)9(15-2)4-7(6)11;1-2/h3-4,12H,5H2,1-2H3,(H,13,14);1-2H3. The predicted octanol–water partition coefficient (Wildman–Crippen LogP) is 3.18. The Labute approximate surface area is 107 Å². The number of ether oxygens (including phenoxy) is 1. The Morgan fingerprint density at radius 2 is 2.06 bits per heavy atom. The van der Waals surface area contributed by atoms with Gasteiger partial charge in [0.15, 0.2) is 0 Å². The zero-order valence-electron chi connectivity index (χ0n) is 10.5. The summed E-state index contributed by atoms with van der Waals surface area (Å²) in [7, 11) is 1.51. The maximum Gasteiger partial charge on any atom is 0.322 e. The van der Waals surface area contributed by atoms with Gasteiger partial charge in [0.25, 0.3) is 0 Å². The third-order valence-electron chi connectivity index (χ3n) is 1.91. The number of aryl methyl sites for hydroxylation is 1. The number of benzene rings is 1. The zero-order chi connectivity index (χ0) is 13.4. The molecule has 0 heterocycles. The third-order valence-corrected chi connectivity index (χ3v) is 2.32. The lowest BCUT2D eigenvalue weighted by Gasteiger charge is -2.11. The fourth-order valence-corrected chi connectivity index (χ4v) is 1.29. The Bertz CT molecular complexity index is 380. The van der Waals surface area contributed by atoms with Crippen LogP contribution in [0.3, 0.4) is 0 Å². The summed E-state index contributed by atoms with van der Waals surface area (Å²) in [5.74, 6) is -0.392.